The van der Waals surface area contributed by atoms with Crippen molar-refractivity contribution in [2.24, 2.45) is 0 Å². The minimum Gasteiger partial charge on any atom is -0.466 e. The molecule has 1 unspecified atom stereocenters. The molecule has 1 aromatic carbocycles. The average Bonchev–Trinajstić information content (AvgIpc) is 2.42. The maximum Gasteiger partial charge on any atom is 0.334 e. The molecule has 18 heavy (non-hydrogen) atoms. The molecule has 0 N–H and O–H groups in total. The summed E-state index contributed by atoms with van der Waals surface area (Å²) in [7, 11) is 1.34. The van der Waals surface area contributed by atoms with E-state index in [1.165, 1.54) is 13.2 Å². The second kappa shape index (κ2) is 4.77. The lowest BCUT2D eigenvalue weighted by Gasteiger charge is -2.34. The molecule has 0 saturated carbocycles. The fourth-order valence-corrected chi connectivity index (χ4v) is 2.40. The number of ketones is 1. The summed E-state index contributed by atoms with van der Waals surface area (Å²) in [5.74, 6) is -0.432. The summed E-state index contributed by atoms with van der Waals surface area (Å²) in [4.78, 5) is 23.4. The summed E-state index contributed by atoms with van der Waals surface area (Å²) >= 11 is 0. The Labute approximate surface area is 106 Å². The molecule has 2 rings (SSSR count). The molecule has 0 bridgehead atoms. The Morgan fingerprint density at radius 3 is 2.56 bits per heavy atom. The third kappa shape index (κ3) is 2.08. The molecular weight excluding hydrogens is 228 g/mol. The van der Waals surface area contributed by atoms with Gasteiger partial charge in [0, 0.05) is 11.8 Å². The molecule has 1 aromatic rings. The van der Waals surface area contributed by atoms with E-state index >= 15 is 0 Å². The van der Waals surface area contributed by atoms with Gasteiger partial charge in [-0.05, 0) is 18.1 Å². The highest BCUT2D eigenvalue weighted by Gasteiger charge is 2.39. The van der Waals surface area contributed by atoms with Crippen LogP contribution in [-0.2, 0) is 19.7 Å². The van der Waals surface area contributed by atoms with Gasteiger partial charge in [-0.2, -0.15) is 0 Å². The van der Waals surface area contributed by atoms with E-state index in [-0.39, 0.29) is 5.78 Å². The van der Waals surface area contributed by atoms with Gasteiger partial charge in [0.05, 0.1) is 12.7 Å². The first-order valence-electron chi connectivity index (χ1n) is 5.97. The number of carbonyl (C=O) groups is 2. The summed E-state index contributed by atoms with van der Waals surface area (Å²) in [6, 6.07) is 9.76. The summed E-state index contributed by atoms with van der Waals surface area (Å²) in [6.45, 7) is 1.98. The molecule has 0 heterocycles. The predicted octanol–water partition coefficient (Wildman–Crippen LogP) is 2.41. The molecule has 3 heteroatoms. The van der Waals surface area contributed by atoms with Crippen molar-refractivity contribution >= 4 is 11.8 Å². The quantitative estimate of drug-likeness (QED) is 0.750. The number of hydrogen-bond acceptors (Lipinski definition) is 3. The first-order chi connectivity index (χ1) is 8.58. The van der Waals surface area contributed by atoms with E-state index in [1.54, 1.807) is 0 Å². The van der Waals surface area contributed by atoms with Gasteiger partial charge < -0.3 is 4.74 Å². The van der Waals surface area contributed by atoms with Crippen LogP contribution in [0, 0.1) is 0 Å². The van der Waals surface area contributed by atoms with Crippen LogP contribution in [0.5, 0.6) is 0 Å². The minimum atomic E-state index is -0.442. The summed E-state index contributed by atoms with van der Waals surface area (Å²) < 4.78 is 4.80. The number of rotatable bonds is 2. The summed E-state index contributed by atoms with van der Waals surface area (Å²) in [6.07, 6.45) is 2.53. The maximum absolute atomic E-state index is 11.9. The lowest BCUT2D eigenvalue weighted by molar-refractivity contribution is -0.137. The van der Waals surface area contributed by atoms with Crippen LogP contribution < -0.4 is 0 Å². The Kier molecular flexibility index (Phi) is 3.32. The molecule has 0 fully saturated rings. The van der Waals surface area contributed by atoms with E-state index in [0.717, 1.165) is 5.56 Å². The number of methoxy groups -OCH3 is 1. The largest absolute Gasteiger partial charge is 0.466 e. The van der Waals surface area contributed by atoms with E-state index in [2.05, 4.69) is 0 Å². The predicted molar refractivity (Wildman–Crippen MR) is 68.1 cm³/mol. The van der Waals surface area contributed by atoms with Crippen molar-refractivity contribution in [1.82, 2.24) is 0 Å². The SMILES string of the molecule is COC(=O)C1=CC(=O)CCC1(C)c1ccccc1. The van der Waals surface area contributed by atoms with Crippen LogP contribution in [0.2, 0.25) is 0 Å². The number of allylic oxidation sites excluding steroid dienone is 1. The smallest absolute Gasteiger partial charge is 0.334 e. The normalized spacial score (nSPS) is 23.4. The molecule has 0 amide bonds. The van der Waals surface area contributed by atoms with Crippen LogP contribution in [0.1, 0.15) is 25.3 Å². The topological polar surface area (TPSA) is 43.4 Å². The Morgan fingerprint density at radius 2 is 1.94 bits per heavy atom. The number of esters is 1. The molecule has 0 saturated heterocycles. The highest BCUT2D eigenvalue weighted by Crippen LogP contribution is 2.39. The number of benzene rings is 1. The van der Waals surface area contributed by atoms with Gasteiger partial charge in [-0.15, -0.1) is 0 Å². The van der Waals surface area contributed by atoms with Gasteiger partial charge >= 0.3 is 5.97 Å². The third-order valence-corrected chi connectivity index (χ3v) is 3.59. The number of ether oxygens (including phenoxy) is 1. The fourth-order valence-electron chi connectivity index (χ4n) is 2.40. The highest BCUT2D eigenvalue weighted by atomic mass is 16.5. The van der Waals surface area contributed by atoms with Crippen molar-refractivity contribution in [3.63, 3.8) is 0 Å². The van der Waals surface area contributed by atoms with Gasteiger partial charge in [0.2, 0.25) is 0 Å². The van der Waals surface area contributed by atoms with Crippen molar-refractivity contribution in [2.45, 2.75) is 25.2 Å². The molecule has 94 valence electrons. The van der Waals surface area contributed by atoms with Gasteiger partial charge in [0.25, 0.3) is 0 Å². The average molecular weight is 244 g/mol. The van der Waals surface area contributed by atoms with Crippen LogP contribution in [0.3, 0.4) is 0 Å². The Morgan fingerprint density at radius 1 is 1.28 bits per heavy atom. The lowest BCUT2D eigenvalue weighted by Crippen LogP contribution is -2.34. The van der Waals surface area contributed by atoms with Crippen LogP contribution in [0.15, 0.2) is 42.0 Å². The maximum atomic E-state index is 11.9. The summed E-state index contributed by atoms with van der Waals surface area (Å²) in [5.41, 5.74) is 1.05. The van der Waals surface area contributed by atoms with Gasteiger partial charge in [0.1, 0.15) is 0 Å². The van der Waals surface area contributed by atoms with Crippen LogP contribution in [0.4, 0.5) is 0 Å². The third-order valence-electron chi connectivity index (χ3n) is 3.59. The van der Waals surface area contributed by atoms with Crippen molar-refractivity contribution in [3.05, 3.63) is 47.5 Å². The van der Waals surface area contributed by atoms with Crippen molar-refractivity contribution < 1.29 is 14.3 Å². The molecule has 1 atom stereocenters. The van der Waals surface area contributed by atoms with Gasteiger partial charge in [0.15, 0.2) is 5.78 Å². The highest BCUT2D eigenvalue weighted by molar-refractivity contribution is 6.02. The lowest BCUT2D eigenvalue weighted by atomic mass is 9.69. The Balaban J connectivity index is 2.51. The monoisotopic (exact) mass is 244 g/mol. The van der Waals surface area contributed by atoms with E-state index < -0.39 is 11.4 Å². The van der Waals surface area contributed by atoms with Crippen LogP contribution in [-0.4, -0.2) is 18.9 Å². The molecule has 0 aromatic heterocycles. The number of carbonyl (C=O) groups excluding carboxylic acids is 2. The van der Waals surface area contributed by atoms with E-state index in [9.17, 15) is 9.59 Å². The Hall–Kier alpha value is -1.90. The molecular formula is C15H16O3. The molecule has 0 aliphatic heterocycles. The second-order valence-corrected chi connectivity index (χ2v) is 4.71. The van der Waals surface area contributed by atoms with Gasteiger partial charge in [-0.25, -0.2) is 4.79 Å². The number of hydrogen-bond donors (Lipinski definition) is 0. The van der Waals surface area contributed by atoms with Gasteiger partial charge in [-0.3, -0.25) is 4.79 Å². The second-order valence-electron chi connectivity index (χ2n) is 4.71. The van der Waals surface area contributed by atoms with E-state index in [4.69, 9.17) is 4.74 Å². The van der Waals surface area contributed by atoms with Crippen molar-refractivity contribution in [3.8, 4) is 0 Å². The van der Waals surface area contributed by atoms with Crippen molar-refractivity contribution in [1.29, 1.82) is 0 Å². The molecule has 0 radical (unpaired) electrons. The zero-order chi connectivity index (χ0) is 13.2. The fraction of sp³-hybridized carbons (Fsp3) is 0.333. The minimum absolute atomic E-state index is 0.0104. The standard InChI is InChI=1S/C15H16O3/c1-15(11-6-4-3-5-7-11)9-8-12(16)10-13(15)14(17)18-2/h3-7,10H,8-9H2,1-2H3. The first-order valence-corrected chi connectivity index (χ1v) is 5.97. The molecule has 1 aliphatic carbocycles. The molecule has 1 aliphatic rings. The van der Waals surface area contributed by atoms with Crippen LogP contribution >= 0.6 is 0 Å². The molecule has 0 spiro atoms. The zero-order valence-corrected chi connectivity index (χ0v) is 10.6. The van der Waals surface area contributed by atoms with Crippen molar-refractivity contribution in [2.75, 3.05) is 7.11 Å². The zero-order valence-electron chi connectivity index (χ0n) is 10.6. The first kappa shape index (κ1) is 12.6. The van der Waals surface area contributed by atoms with Gasteiger partial charge in [-0.1, -0.05) is 37.3 Å². The van der Waals surface area contributed by atoms with Crippen LogP contribution in [0.25, 0.3) is 0 Å². The van der Waals surface area contributed by atoms with E-state index in [0.29, 0.717) is 18.4 Å². The summed E-state index contributed by atoms with van der Waals surface area (Å²) in [5, 5.41) is 0. The Bertz CT molecular complexity index is 502. The van der Waals surface area contributed by atoms with E-state index in [1.807, 2.05) is 37.3 Å². The molecule has 3 nitrogen and oxygen atoms in total.